The topological polar surface area (TPSA) is 47.9 Å². The van der Waals surface area contributed by atoms with Gasteiger partial charge in [0.2, 0.25) is 5.79 Å². The van der Waals surface area contributed by atoms with Crippen LogP contribution < -0.4 is 0 Å². The van der Waals surface area contributed by atoms with Gasteiger partial charge in [-0.2, -0.15) is 0 Å². The van der Waals surface area contributed by atoms with Crippen LogP contribution in [0.4, 0.5) is 0 Å². The minimum atomic E-state index is -2.08. The Morgan fingerprint density at radius 2 is 1.13 bits per heavy atom. The second-order valence-electron chi connectivity index (χ2n) is 22.3. The van der Waals surface area contributed by atoms with Crippen molar-refractivity contribution in [2.24, 2.45) is 16.7 Å². The van der Waals surface area contributed by atoms with Crippen molar-refractivity contribution < 1.29 is 18.7 Å². The Labute approximate surface area is 399 Å². The molecule has 1 heterocycles. The summed E-state index contributed by atoms with van der Waals surface area (Å²) in [5, 5.41) is 14.0. The standard InChI is InChI=1S/C34H51ClO4Si2.C20H20BrCl/c1-9-30-23(2)31(38-40(3,4)5)32(39-41(6,7)8)34(36,37-30)28-15-16-29(35)26(20-28)19-24-11-13-25(14-12-24)27-21-33(22-27)17-10-18-33;21-18-6-7-19(22)16(11-18)10-14-2-4-15(5-3-14)17-12-20(13-17)8-1-9-20/h11-16,20,23,27,30-32,36H,9-10,17-19,21-22H2,1-8H3;2-7,11,17H,1,8-10,12-13H2/t23-,30-,31+,32-,34?;/m1./s1. The fraction of sp³-hybridized carbons (Fsp3) is 0.556. The first kappa shape index (κ1) is 47.7. The van der Waals surface area contributed by atoms with Crippen molar-refractivity contribution in [1.82, 2.24) is 0 Å². The van der Waals surface area contributed by atoms with E-state index >= 15 is 0 Å². The Hall–Kier alpha value is -1.79. The Kier molecular flexibility index (Phi) is 14.2. The zero-order valence-corrected chi connectivity index (χ0v) is 44.1. The van der Waals surface area contributed by atoms with Crippen LogP contribution in [0.1, 0.15) is 135 Å². The number of aliphatic hydroxyl groups is 1. The Morgan fingerprint density at radius 3 is 1.56 bits per heavy atom. The first-order valence-electron chi connectivity index (χ1n) is 23.9. The highest BCUT2D eigenvalue weighted by Gasteiger charge is 2.56. The van der Waals surface area contributed by atoms with Crippen LogP contribution in [0.3, 0.4) is 0 Å². The minimum absolute atomic E-state index is 0.0912. The maximum Gasteiger partial charge on any atom is 0.221 e. The summed E-state index contributed by atoms with van der Waals surface area (Å²) in [7, 11) is -4.03. The SMILES string of the molecule is CC[C@H]1OC(O)(c2ccc(Cl)c(Cc3ccc(C4CC5(CCC5)C4)cc3)c2)[C@H](O[Si](C)(C)C)[C@@H](O[Si](C)(C)C)[C@@H]1C.Clc1ccc(Br)cc1Cc1ccc(C2CC3(CCC3)C2)cc1. The molecule has 5 aliphatic rings. The van der Waals surface area contributed by atoms with E-state index in [0.717, 1.165) is 45.2 Å². The highest BCUT2D eigenvalue weighted by Crippen LogP contribution is 2.63. The van der Waals surface area contributed by atoms with Crippen LogP contribution in [-0.2, 0) is 32.2 Å². The molecule has 5 fully saturated rings. The van der Waals surface area contributed by atoms with E-state index < -0.39 is 28.5 Å². The van der Waals surface area contributed by atoms with E-state index in [9.17, 15) is 5.11 Å². The maximum atomic E-state index is 12.5. The highest BCUT2D eigenvalue weighted by molar-refractivity contribution is 9.10. The number of halogens is 3. The zero-order chi connectivity index (χ0) is 45.0. The predicted octanol–water partition coefficient (Wildman–Crippen LogP) is 15.7. The summed E-state index contributed by atoms with van der Waals surface area (Å²) in [6.45, 7) is 17.3. The molecule has 4 aromatic carbocycles. The van der Waals surface area contributed by atoms with Crippen molar-refractivity contribution >= 4 is 55.8 Å². The molecule has 4 aliphatic carbocycles. The molecule has 1 aliphatic heterocycles. The van der Waals surface area contributed by atoms with Crippen molar-refractivity contribution in [2.45, 2.75) is 173 Å². The van der Waals surface area contributed by atoms with Crippen LogP contribution in [-0.4, -0.2) is 40.1 Å². The van der Waals surface area contributed by atoms with Gasteiger partial charge in [0, 0.05) is 26.0 Å². The fourth-order valence-electron chi connectivity index (χ4n) is 11.4. The monoisotopic (exact) mass is 988 g/mol. The van der Waals surface area contributed by atoms with Gasteiger partial charge in [-0.1, -0.05) is 120 Å². The van der Waals surface area contributed by atoms with Crippen LogP contribution in [0.5, 0.6) is 0 Å². The minimum Gasteiger partial charge on any atom is -0.412 e. The summed E-state index contributed by atoms with van der Waals surface area (Å²) in [6, 6.07) is 30.2. The Bertz CT molecular complexity index is 2190. The van der Waals surface area contributed by atoms with Gasteiger partial charge < -0.3 is 18.7 Å². The summed E-state index contributed by atoms with van der Waals surface area (Å²) < 4.78 is 21.2. The van der Waals surface area contributed by atoms with E-state index in [2.05, 4.69) is 124 Å². The molecule has 9 rings (SSSR count). The number of benzene rings is 4. The van der Waals surface area contributed by atoms with Gasteiger partial charge in [0.25, 0.3) is 0 Å². The van der Waals surface area contributed by atoms with Crippen molar-refractivity contribution in [1.29, 1.82) is 0 Å². The zero-order valence-electron chi connectivity index (χ0n) is 39.0. The lowest BCUT2D eigenvalue weighted by Gasteiger charge is -2.54. The lowest BCUT2D eigenvalue weighted by Crippen LogP contribution is -2.64. The van der Waals surface area contributed by atoms with Gasteiger partial charge in [0.15, 0.2) is 16.6 Å². The van der Waals surface area contributed by atoms with Crippen LogP contribution in [0.15, 0.2) is 89.4 Å². The third-order valence-electron chi connectivity index (χ3n) is 15.2. The van der Waals surface area contributed by atoms with Gasteiger partial charge in [-0.3, -0.25) is 0 Å². The summed E-state index contributed by atoms with van der Waals surface area (Å²) in [5.74, 6) is -0.0161. The first-order chi connectivity index (χ1) is 29.7. The van der Waals surface area contributed by atoms with E-state index in [4.69, 9.17) is 36.8 Å². The third kappa shape index (κ3) is 10.8. The molecule has 9 heteroatoms. The molecular weight excluding hydrogens is 920 g/mol. The molecule has 2 spiro atoms. The molecule has 4 saturated carbocycles. The van der Waals surface area contributed by atoms with E-state index in [-0.39, 0.29) is 18.1 Å². The number of rotatable bonds is 12. The van der Waals surface area contributed by atoms with E-state index in [0.29, 0.717) is 22.4 Å². The van der Waals surface area contributed by atoms with E-state index in [1.54, 1.807) is 0 Å². The lowest BCUT2D eigenvalue weighted by atomic mass is 9.51. The first-order valence-corrected chi connectivity index (χ1v) is 32.3. The molecule has 1 unspecified atom stereocenters. The quantitative estimate of drug-likeness (QED) is 0.144. The molecule has 340 valence electrons. The molecule has 1 saturated heterocycles. The van der Waals surface area contributed by atoms with Crippen molar-refractivity contribution in [3.63, 3.8) is 0 Å². The lowest BCUT2D eigenvalue weighted by molar-refractivity contribution is -0.339. The largest absolute Gasteiger partial charge is 0.412 e. The van der Waals surface area contributed by atoms with Gasteiger partial charge in [0.1, 0.15) is 6.10 Å². The molecule has 4 nitrogen and oxygen atoms in total. The van der Waals surface area contributed by atoms with Gasteiger partial charge in [-0.25, -0.2) is 0 Å². The molecular formula is C54H71BrCl2O4Si2. The van der Waals surface area contributed by atoms with E-state index in [1.807, 2.05) is 30.3 Å². The summed E-state index contributed by atoms with van der Waals surface area (Å²) in [6.07, 6.45) is 15.6. The molecule has 63 heavy (non-hydrogen) atoms. The van der Waals surface area contributed by atoms with Gasteiger partial charge in [-0.15, -0.1) is 0 Å². The molecule has 0 aromatic heterocycles. The highest BCUT2D eigenvalue weighted by atomic mass is 79.9. The van der Waals surface area contributed by atoms with Crippen LogP contribution in [0, 0.1) is 16.7 Å². The third-order valence-corrected chi connectivity index (χ3v) is 18.4. The predicted molar refractivity (Wildman–Crippen MR) is 270 cm³/mol. The van der Waals surface area contributed by atoms with Gasteiger partial charge in [0.05, 0.1) is 12.2 Å². The molecule has 4 aromatic rings. The fourth-order valence-corrected chi connectivity index (χ4v) is 14.4. The Morgan fingerprint density at radius 1 is 0.667 bits per heavy atom. The van der Waals surface area contributed by atoms with Crippen LogP contribution >= 0.6 is 39.1 Å². The van der Waals surface area contributed by atoms with Crippen LogP contribution in [0.2, 0.25) is 49.3 Å². The van der Waals surface area contributed by atoms with Crippen molar-refractivity contribution in [3.05, 3.63) is 138 Å². The Balaban J connectivity index is 0.000000207. The van der Waals surface area contributed by atoms with Gasteiger partial charge >= 0.3 is 0 Å². The average molecular weight is 991 g/mol. The molecule has 0 radical (unpaired) electrons. The normalized spacial score (nSPS) is 27.4. The summed E-state index contributed by atoms with van der Waals surface area (Å²) in [4.78, 5) is 0. The molecule has 1 N–H and O–H groups in total. The number of ether oxygens (including phenoxy) is 1. The molecule has 0 amide bonds. The average Bonchev–Trinajstić information content (AvgIpc) is 3.15. The van der Waals surface area contributed by atoms with Gasteiger partial charge in [-0.05, 0) is 196 Å². The second-order valence-corrected chi connectivity index (χ2v) is 32.9. The molecule has 5 atom stereocenters. The number of hydrogen-bond donors (Lipinski definition) is 1. The summed E-state index contributed by atoms with van der Waals surface area (Å²) in [5.41, 5.74) is 9.84. The van der Waals surface area contributed by atoms with Crippen molar-refractivity contribution in [3.8, 4) is 0 Å². The van der Waals surface area contributed by atoms with E-state index in [1.165, 1.54) is 92.0 Å². The summed E-state index contributed by atoms with van der Waals surface area (Å²) >= 11 is 16.6. The maximum absolute atomic E-state index is 12.5. The number of hydrogen-bond acceptors (Lipinski definition) is 4. The smallest absolute Gasteiger partial charge is 0.221 e. The molecule has 0 bridgehead atoms. The van der Waals surface area contributed by atoms with Crippen LogP contribution in [0.25, 0.3) is 0 Å². The second kappa shape index (κ2) is 18.7. The van der Waals surface area contributed by atoms with Crippen molar-refractivity contribution in [2.75, 3.05) is 0 Å².